The number of carbonyl (C=O) groups is 1. The van der Waals surface area contributed by atoms with Gasteiger partial charge in [-0.05, 0) is 12.8 Å². The lowest BCUT2D eigenvalue weighted by atomic mass is 10.4. The van der Waals surface area contributed by atoms with E-state index in [0.29, 0.717) is 32.2 Å². The third-order valence-electron chi connectivity index (χ3n) is 2.71. The van der Waals surface area contributed by atoms with Crippen molar-refractivity contribution in [3.05, 3.63) is 0 Å². The third-order valence-corrected chi connectivity index (χ3v) is 2.71. The molecule has 0 heterocycles. The van der Waals surface area contributed by atoms with Crippen molar-refractivity contribution in [2.24, 2.45) is 5.73 Å². The molecule has 0 atom stereocenters. The maximum atomic E-state index is 11.7. The number of likely N-dealkylation sites (N-methyl/N-ethyl adjacent to an activating group) is 1. The van der Waals surface area contributed by atoms with Crippen molar-refractivity contribution in [2.75, 3.05) is 39.8 Å². The molecule has 0 aromatic heterocycles. The lowest BCUT2D eigenvalue weighted by Gasteiger charge is -2.23. The second-order valence-electron chi connectivity index (χ2n) is 4.02. The lowest BCUT2D eigenvalue weighted by molar-refractivity contribution is -0.131. The van der Waals surface area contributed by atoms with Crippen LogP contribution in [0.5, 0.6) is 0 Å². The highest BCUT2D eigenvalue weighted by Crippen LogP contribution is 2.25. The van der Waals surface area contributed by atoms with E-state index >= 15 is 0 Å². The van der Waals surface area contributed by atoms with Gasteiger partial charge in [0.25, 0.3) is 0 Å². The minimum atomic E-state index is 0.0699. The minimum absolute atomic E-state index is 0.0699. The van der Waals surface area contributed by atoms with Crippen LogP contribution >= 0.6 is 0 Å². The van der Waals surface area contributed by atoms with Crippen LogP contribution in [0.25, 0.3) is 0 Å². The fourth-order valence-electron chi connectivity index (χ4n) is 1.56. The number of nitrogens with two attached hydrogens (primary N) is 1. The van der Waals surface area contributed by atoms with Crippen molar-refractivity contribution in [3.63, 3.8) is 0 Å². The summed E-state index contributed by atoms with van der Waals surface area (Å²) in [5.41, 5.74) is 5.44. The maximum absolute atomic E-state index is 11.7. The van der Waals surface area contributed by atoms with E-state index < -0.39 is 0 Å². The highest BCUT2D eigenvalue weighted by Gasteiger charge is 2.29. The van der Waals surface area contributed by atoms with Crippen molar-refractivity contribution in [3.8, 4) is 0 Å². The predicted molar refractivity (Wildman–Crippen MR) is 58.4 cm³/mol. The van der Waals surface area contributed by atoms with E-state index in [1.54, 1.807) is 4.90 Å². The Morgan fingerprint density at radius 3 is 2.60 bits per heavy atom. The summed E-state index contributed by atoms with van der Waals surface area (Å²) < 4.78 is 0. The largest absolute Gasteiger partial charge is 0.395 e. The molecule has 1 aliphatic carbocycles. The van der Waals surface area contributed by atoms with E-state index in [2.05, 4.69) is 0 Å². The van der Waals surface area contributed by atoms with Crippen LogP contribution in [-0.2, 0) is 4.79 Å². The van der Waals surface area contributed by atoms with Gasteiger partial charge in [-0.3, -0.25) is 9.69 Å². The first-order valence-electron chi connectivity index (χ1n) is 5.48. The number of carbonyl (C=O) groups excluding carboxylic acids is 1. The normalized spacial score (nSPS) is 15.7. The van der Waals surface area contributed by atoms with Gasteiger partial charge in [-0.2, -0.15) is 0 Å². The Morgan fingerprint density at radius 2 is 2.13 bits per heavy atom. The Balaban J connectivity index is 2.31. The van der Waals surface area contributed by atoms with Crippen LogP contribution in [0.15, 0.2) is 0 Å². The number of hydrogen-bond donors (Lipinski definition) is 2. The molecule has 0 spiro atoms. The maximum Gasteiger partial charge on any atom is 0.236 e. The van der Waals surface area contributed by atoms with Crippen LogP contribution in [0, 0.1) is 0 Å². The molecule has 0 bridgehead atoms. The smallest absolute Gasteiger partial charge is 0.236 e. The summed E-state index contributed by atoms with van der Waals surface area (Å²) in [5, 5.41) is 8.83. The molecule has 5 heteroatoms. The summed E-state index contributed by atoms with van der Waals surface area (Å²) in [6.07, 6.45) is 2.25. The van der Waals surface area contributed by atoms with Crippen LogP contribution < -0.4 is 5.73 Å². The second-order valence-corrected chi connectivity index (χ2v) is 4.02. The van der Waals surface area contributed by atoms with Gasteiger partial charge in [0, 0.05) is 32.7 Å². The van der Waals surface area contributed by atoms with Gasteiger partial charge in [0.05, 0.1) is 13.2 Å². The lowest BCUT2D eigenvalue weighted by Crippen LogP contribution is -2.42. The Kier molecular flexibility index (Phi) is 5.01. The van der Waals surface area contributed by atoms with Crippen LogP contribution in [0.3, 0.4) is 0 Å². The van der Waals surface area contributed by atoms with Crippen molar-refractivity contribution in [1.29, 1.82) is 0 Å². The van der Waals surface area contributed by atoms with Gasteiger partial charge in [0.2, 0.25) is 5.91 Å². The van der Waals surface area contributed by atoms with Crippen molar-refractivity contribution < 1.29 is 9.90 Å². The summed E-state index contributed by atoms with van der Waals surface area (Å²) in [5.74, 6) is 0.124. The highest BCUT2D eigenvalue weighted by molar-refractivity contribution is 5.78. The van der Waals surface area contributed by atoms with E-state index in [1.165, 1.54) is 0 Å². The molecule has 1 amide bonds. The Morgan fingerprint density at radius 1 is 1.47 bits per heavy atom. The predicted octanol–water partition coefficient (Wildman–Crippen LogP) is -1.14. The Bertz CT molecular complexity index is 201. The zero-order valence-corrected chi connectivity index (χ0v) is 9.35. The monoisotopic (exact) mass is 215 g/mol. The molecule has 88 valence electrons. The second kappa shape index (κ2) is 6.05. The number of aliphatic hydroxyl groups excluding tert-OH is 1. The molecule has 0 radical (unpaired) electrons. The molecule has 3 N–H and O–H groups in total. The summed E-state index contributed by atoms with van der Waals surface area (Å²) >= 11 is 0. The van der Waals surface area contributed by atoms with E-state index in [9.17, 15) is 4.79 Å². The zero-order chi connectivity index (χ0) is 11.3. The average Bonchev–Trinajstić information content (AvgIpc) is 3.00. The van der Waals surface area contributed by atoms with Crippen molar-refractivity contribution in [2.45, 2.75) is 18.9 Å². The molecule has 0 aromatic rings. The van der Waals surface area contributed by atoms with E-state index in [4.69, 9.17) is 10.8 Å². The van der Waals surface area contributed by atoms with Crippen LogP contribution in [-0.4, -0.2) is 66.7 Å². The first kappa shape index (κ1) is 12.4. The quantitative estimate of drug-likeness (QED) is 0.563. The van der Waals surface area contributed by atoms with Gasteiger partial charge in [-0.25, -0.2) is 0 Å². The molecule has 15 heavy (non-hydrogen) atoms. The van der Waals surface area contributed by atoms with Gasteiger partial charge in [0.15, 0.2) is 0 Å². The molecular weight excluding hydrogens is 194 g/mol. The number of rotatable bonds is 7. The van der Waals surface area contributed by atoms with Gasteiger partial charge in [-0.1, -0.05) is 0 Å². The average molecular weight is 215 g/mol. The Labute approximate surface area is 90.8 Å². The van der Waals surface area contributed by atoms with Crippen LogP contribution in [0.2, 0.25) is 0 Å². The third kappa shape index (κ3) is 4.15. The fourth-order valence-corrected chi connectivity index (χ4v) is 1.56. The number of aliphatic hydroxyl groups is 1. The molecule has 0 aromatic carbocycles. The Hall–Kier alpha value is -0.650. The van der Waals surface area contributed by atoms with Gasteiger partial charge < -0.3 is 15.7 Å². The molecule has 0 unspecified atom stereocenters. The molecule has 0 aliphatic heterocycles. The first-order valence-corrected chi connectivity index (χ1v) is 5.48. The number of hydrogen-bond acceptors (Lipinski definition) is 4. The summed E-state index contributed by atoms with van der Waals surface area (Å²) in [4.78, 5) is 15.4. The van der Waals surface area contributed by atoms with Crippen LogP contribution in [0.1, 0.15) is 12.8 Å². The van der Waals surface area contributed by atoms with E-state index in [0.717, 1.165) is 12.8 Å². The SMILES string of the molecule is CN(C(=O)CN(CCN)CCO)C1CC1. The zero-order valence-electron chi connectivity index (χ0n) is 9.35. The highest BCUT2D eigenvalue weighted by atomic mass is 16.3. The van der Waals surface area contributed by atoms with Crippen LogP contribution in [0.4, 0.5) is 0 Å². The van der Waals surface area contributed by atoms with E-state index in [-0.39, 0.29) is 12.5 Å². The molecule has 1 rings (SSSR count). The van der Waals surface area contributed by atoms with E-state index in [1.807, 2.05) is 11.9 Å². The molecule has 1 aliphatic rings. The van der Waals surface area contributed by atoms with Gasteiger partial charge in [-0.15, -0.1) is 0 Å². The van der Waals surface area contributed by atoms with Crippen molar-refractivity contribution >= 4 is 5.91 Å². The van der Waals surface area contributed by atoms with Gasteiger partial charge >= 0.3 is 0 Å². The topological polar surface area (TPSA) is 69.8 Å². The molecule has 0 saturated heterocycles. The fraction of sp³-hybridized carbons (Fsp3) is 0.900. The minimum Gasteiger partial charge on any atom is -0.395 e. The summed E-state index contributed by atoms with van der Waals surface area (Å²) in [7, 11) is 1.85. The molecule has 1 fully saturated rings. The van der Waals surface area contributed by atoms with Gasteiger partial charge in [0.1, 0.15) is 0 Å². The standard InChI is InChI=1S/C10H21N3O2/c1-12(9-2-3-9)10(15)8-13(5-4-11)6-7-14/h9,14H,2-8,11H2,1H3. The molecular formula is C10H21N3O2. The molecule has 1 saturated carbocycles. The molecule has 5 nitrogen and oxygen atoms in total. The van der Waals surface area contributed by atoms with Crippen molar-refractivity contribution in [1.82, 2.24) is 9.80 Å². The number of amides is 1. The first-order chi connectivity index (χ1) is 7.19. The summed E-state index contributed by atoms with van der Waals surface area (Å²) in [6, 6.07) is 0.450. The summed E-state index contributed by atoms with van der Waals surface area (Å²) in [6.45, 7) is 2.12. The number of nitrogens with zero attached hydrogens (tertiary/aromatic N) is 2.